The molecule has 0 aliphatic rings. The molecule has 2 aromatic rings. The number of carbonyl (C=O) groups excluding carboxylic acids is 1. The maximum Gasteiger partial charge on any atom is 0.253 e. The van der Waals surface area contributed by atoms with Gasteiger partial charge in [-0.15, -0.1) is 11.3 Å². The Morgan fingerprint density at radius 3 is 3.05 bits per heavy atom. The van der Waals surface area contributed by atoms with Gasteiger partial charge >= 0.3 is 0 Å². The van der Waals surface area contributed by atoms with Crippen LogP contribution in [0.15, 0.2) is 24.7 Å². The summed E-state index contributed by atoms with van der Waals surface area (Å²) in [5.41, 5.74) is 1.03. The van der Waals surface area contributed by atoms with Gasteiger partial charge in [-0.05, 0) is 13.0 Å². The summed E-state index contributed by atoms with van der Waals surface area (Å²) in [6.07, 6.45) is 5.26. The molecule has 0 spiro atoms. The Morgan fingerprint density at radius 1 is 1.48 bits per heavy atom. The molecule has 2 heterocycles. The Labute approximate surface area is 127 Å². The van der Waals surface area contributed by atoms with Gasteiger partial charge in [-0.2, -0.15) is 0 Å². The van der Waals surface area contributed by atoms with Gasteiger partial charge in [-0.3, -0.25) is 9.78 Å². The number of aryl methyl sites for hydroxylation is 1. The van der Waals surface area contributed by atoms with Crippen LogP contribution in [0.3, 0.4) is 0 Å². The molecular formula is C15H15N3O2S. The molecule has 0 saturated carbocycles. The average Bonchev–Trinajstić information content (AvgIpc) is 2.91. The van der Waals surface area contributed by atoms with Crippen molar-refractivity contribution in [3.8, 4) is 11.8 Å². The molecule has 0 bridgehead atoms. The molecule has 6 heteroatoms. The second kappa shape index (κ2) is 7.53. The van der Waals surface area contributed by atoms with Crippen molar-refractivity contribution in [1.82, 2.24) is 15.3 Å². The molecule has 5 nitrogen and oxygen atoms in total. The van der Waals surface area contributed by atoms with Crippen LogP contribution in [0.25, 0.3) is 0 Å². The predicted octanol–water partition coefficient (Wildman–Crippen LogP) is 1.51. The lowest BCUT2D eigenvalue weighted by atomic mass is 10.1. The van der Waals surface area contributed by atoms with E-state index in [1.165, 1.54) is 0 Å². The highest BCUT2D eigenvalue weighted by molar-refractivity contribution is 7.11. The van der Waals surface area contributed by atoms with E-state index in [-0.39, 0.29) is 12.5 Å². The Morgan fingerprint density at radius 2 is 2.33 bits per heavy atom. The van der Waals surface area contributed by atoms with Crippen molar-refractivity contribution >= 4 is 17.2 Å². The number of nitrogens with one attached hydrogen (secondary N) is 1. The molecule has 0 radical (unpaired) electrons. The fourth-order valence-electron chi connectivity index (χ4n) is 1.64. The number of rotatable bonds is 4. The summed E-state index contributed by atoms with van der Waals surface area (Å²) in [7, 11) is 0. The third-order valence-corrected chi connectivity index (χ3v) is 3.51. The van der Waals surface area contributed by atoms with Crippen molar-refractivity contribution in [2.75, 3.05) is 6.61 Å². The van der Waals surface area contributed by atoms with Crippen LogP contribution >= 0.6 is 11.3 Å². The normalized spacial score (nSPS) is 9.81. The van der Waals surface area contributed by atoms with Gasteiger partial charge < -0.3 is 10.4 Å². The van der Waals surface area contributed by atoms with Crippen LogP contribution in [-0.2, 0) is 6.54 Å². The van der Waals surface area contributed by atoms with Gasteiger partial charge in [-0.25, -0.2) is 4.98 Å². The lowest BCUT2D eigenvalue weighted by molar-refractivity contribution is 0.0950. The van der Waals surface area contributed by atoms with Crippen LogP contribution in [0.4, 0.5) is 0 Å². The Hall–Kier alpha value is -2.23. The van der Waals surface area contributed by atoms with Crippen molar-refractivity contribution in [1.29, 1.82) is 0 Å². The number of aromatic nitrogens is 2. The largest absolute Gasteiger partial charge is 0.395 e. The van der Waals surface area contributed by atoms with Gasteiger partial charge in [0.1, 0.15) is 5.01 Å². The van der Waals surface area contributed by atoms with Crippen molar-refractivity contribution in [2.24, 2.45) is 0 Å². The zero-order chi connectivity index (χ0) is 15.1. The quantitative estimate of drug-likeness (QED) is 0.839. The summed E-state index contributed by atoms with van der Waals surface area (Å²) >= 11 is 1.55. The summed E-state index contributed by atoms with van der Waals surface area (Å²) in [4.78, 5) is 21.5. The molecular weight excluding hydrogens is 286 g/mol. The van der Waals surface area contributed by atoms with E-state index in [1.807, 2.05) is 6.92 Å². The van der Waals surface area contributed by atoms with Crippen LogP contribution in [0, 0.1) is 18.8 Å². The highest BCUT2D eigenvalue weighted by Gasteiger charge is 2.10. The van der Waals surface area contributed by atoms with Crippen LogP contribution in [0.1, 0.15) is 32.2 Å². The lowest BCUT2D eigenvalue weighted by Gasteiger charge is -2.05. The third-order valence-electron chi connectivity index (χ3n) is 2.59. The molecule has 0 saturated heterocycles. The molecule has 0 atom stereocenters. The van der Waals surface area contributed by atoms with Crippen LogP contribution in [0.2, 0.25) is 0 Å². The minimum Gasteiger partial charge on any atom is -0.395 e. The molecule has 0 fully saturated rings. The summed E-state index contributed by atoms with van der Waals surface area (Å²) in [6.45, 7) is 2.36. The minimum atomic E-state index is -0.210. The fraction of sp³-hybridized carbons (Fsp3) is 0.267. The first-order chi connectivity index (χ1) is 10.2. The maximum atomic E-state index is 12.2. The van der Waals surface area contributed by atoms with E-state index in [0.717, 1.165) is 9.88 Å². The number of hydrogen-bond donors (Lipinski definition) is 2. The van der Waals surface area contributed by atoms with Gasteiger partial charge in [-0.1, -0.05) is 11.8 Å². The van der Waals surface area contributed by atoms with Crippen molar-refractivity contribution in [3.05, 3.63) is 45.7 Å². The first-order valence-electron chi connectivity index (χ1n) is 6.44. The van der Waals surface area contributed by atoms with E-state index in [2.05, 4.69) is 27.1 Å². The molecule has 1 amide bonds. The highest BCUT2D eigenvalue weighted by atomic mass is 32.1. The highest BCUT2D eigenvalue weighted by Crippen LogP contribution is 2.11. The Balaban J connectivity index is 2.07. The van der Waals surface area contributed by atoms with Crippen LogP contribution < -0.4 is 5.32 Å². The summed E-state index contributed by atoms with van der Waals surface area (Å²) in [5, 5.41) is 12.4. The lowest BCUT2D eigenvalue weighted by Crippen LogP contribution is -2.23. The zero-order valence-corrected chi connectivity index (χ0v) is 12.4. The molecule has 2 rings (SSSR count). The zero-order valence-electron chi connectivity index (χ0n) is 11.6. The van der Waals surface area contributed by atoms with Gasteiger partial charge in [0.2, 0.25) is 0 Å². The number of aliphatic hydroxyl groups is 1. The molecule has 21 heavy (non-hydrogen) atoms. The van der Waals surface area contributed by atoms with Crippen LogP contribution in [-0.4, -0.2) is 27.6 Å². The first-order valence-corrected chi connectivity index (χ1v) is 7.25. The number of pyridine rings is 1. The Bertz CT molecular complexity index is 685. The smallest absolute Gasteiger partial charge is 0.253 e. The SMILES string of the molecule is Cc1cnc(CNC(=O)c2ccncc2C#CCCO)s1. The first kappa shape index (κ1) is 15.2. The van der Waals surface area contributed by atoms with E-state index in [0.29, 0.717) is 24.1 Å². The Kier molecular flexibility index (Phi) is 5.43. The fourth-order valence-corrected chi connectivity index (χ4v) is 2.37. The molecule has 2 aromatic heterocycles. The summed E-state index contributed by atoms with van der Waals surface area (Å²) in [5.74, 6) is 5.43. The third kappa shape index (κ3) is 4.38. The number of thiazole rings is 1. The van der Waals surface area contributed by atoms with Crippen molar-refractivity contribution in [3.63, 3.8) is 0 Å². The summed E-state index contributed by atoms with van der Waals surface area (Å²) in [6, 6.07) is 1.63. The molecule has 0 aromatic carbocycles. The number of aliphatic hydroxyl groups excluding tert-OH is 1. The van der Waals surface area contributed by atoms with E-state index in [1.54, 1.807) is 36.0 Å². The summed E-state index contributed by atoms with van der Waals surface area (Å²) < 4.78 is 0. The van der Waals surface area contributed by atoms with Gasteiger partial charge in [0, 0.05) is 29.9 Å². The molecule has 108 valence electrons. The molecule has 0 unspecified atom stereocenters. The predicted molar refractivity (Wildman–Crippen MR) is 80.8 cm³/mol. The van der Waals surface area contributed by atoms with Crippen LogP contribution in [0.5, 0.6) is 0 Å². The van der Waals surface area contributed by atoms with E-state index in [9.17, 15) is 4.79 Å². The second-order valence-corrected chi connectivity index (χ2v) is 5.56. The molecule has 0 aliphatic carbocycles. The maximum absolute atomic E-state index is 12.2. The standard InChI is InChI=1S/C15H15N3O2S/c1-11-8-17-14(21-11)10-18-15(20)13-5-6-16-9-12(13)4-2-3-7-19/h5-6,8-9,19H,3,7,10H2,1H3,(H,18,20). The van der Waals surface area contributed by atoms with Crippen molar-refractivity contribution < 1.29 is 9.90 Å². The number of nitrogens with zero attached hydrogens (tertiary/aromatic N) is 2. The van der Waals surface area contributed by atoms with E-state index in [4.69, 9.17) is 5.11 Å². The van der Waals surface area contributed by atoms with Gasteiger partial charge in [0.25, 0.3) is 5.91 Å². The number of hydrogen-bond acceptors (Lipinski definition) is 5. The average molecular weight is 301 g/mol. The molecule has 2 N–H and O–H groups in total. The topological polar surface area (TPSA) is 75.1 Å². The molecule has 0 aliphatic heterocycles. The monoisotopic (exact) mass is 301 g/mol. The van der Waals surface area contributed by atoms with E-state index >= 15 is 0 Å². The number of amides is 1. The van der Waals surface area contributed by atoms with E-state index < -0.39 is 0 Å². The number of carbonyl (C=O) groups is 1. The van der Waals surface area contributed by atoms with Gasteiger partial charge in [0.15, 0.2) is 0 Å². The minimum absolute atomic E-state index is 0.00180. The van der Waals surface area contributed by atoms with Gasteiger partial charge in [0.05, 0.1) is 24.3 Å². The second-order valence-electron chi connectivity index (χ2n) is 4.24. The van der Waals surface area contributed by atoms with Crippen molar-refractivity contribution in [2.45, 2.75) is 19.9 Å².